The fraction of sp³-hybridized carbons (Fsp3) is 0.500. The number of nitrogens with one attached hydrogen (secondary N) is 3. The molecule has 176 valence electrons. The summed E-state index contributed by atoms with van der Waals surface area (Å²) in [6.45, 7) is 4.51. The van der Waals surface area contributed by atoms with Gasteiger partial charge in [0, 0.05) is 35.7 Å². The predicted octanol–water partition coefficient (Wildman–Crippen LogP) is 2.65. The molecule has 0 spiro atoms. The van der Waals surface area contributed by atoms with E-state index in [1.807, 2.05) is 13.8 Å². The maximum atomic E-state index is 13.0. The summed E-state index contributed by atoms with van der Waals surface area (Å²) in [6.07, 6.45) is 1.33. The number of fused-ring (bicyclic) bond motifs is 1. The number of nitrogens with zero attached hydrogens (tertiary/aromatic N) is 1. The number of phenolic OH excluding ortho intramolecular Hbond substituents is 1. The number of aromatic amines is 1. The van der Waals surface area contributed by atoms with Gasteiger partial charge in [0.1, 0.15) is 6.04 Å². The molecule has 3 rings (SSSR count). The first-order valence-corrected chi connectivity index (χ1v) is 11.1. The fourth-order valence-electron chi connectivity index (χ4n) is 4.30. The minimum absolute atomic E-state index is 0.0291. The van der Waals surface area contributed by atoms with Gasteiger partial charge in [0.05, 0.1) is 18.9 Å². The first kappa shape index (κ1) is 24.1. The molecular formula is C24H30N4O5. The van der Waals surface area contributed by atoms with Crippen LogP contribution in [0.1, 0.15) is 50.0 Å². The number of H-pyrrole nitrogens is 1. The van der Waals surface area contributed by atoms with E-state index in [2.05, 4.69) is 21.7 Å². The van der Waals surface area contributed by atoms with Crippen LogP contribution in [0.4, 0.5) is 0 Å². The van der Waals surface area contributed by atoms with Crippen molar-refractivity contribution >= 4 is 28.5 Å². The number of aromatic hydroxyl groups is 1. The van der Waals surface area contributed by atoms with Crippen LogP contribution < -0.4 is 15.4 Å². The Morgan fingerprint density at radius 1 is 1.36 bits per heavy atom. The third-order valence-corrected chi connectivity index (χ3v) is 5.95. The number of aromatic nitrogens is 1. The van der Waals surface area contributed by atoms with Gasteiger partial charge >= 0.3 is 0 Å². The Morgan fingerprint density at radius 3 is 2.73 bits per heavy atom. The summed E-state index contributed by atoms with van der Waals surface area (Å²) in [7, 11) is 1.44. The molecule has 2 heterocycles. The van der Waals surface area contributed by atoms with Crippen molar-refractivity contribution < 1.29 is 24.2 Å². The number of hydrogen-bond acceptors (Lipinski definition) is 6. The Morgan fingerprint density at radius 2 is 2.12 bits per heavy atom. The number of benzene rings is 1. The van der Waals surface area contributed by atoms with Crippen LogP contribution in [0, 0.1) is 29.1 Å². The monoisotopic (exact) mass is 454 g/mol. The van der Waals surface area contributed by atoms with E-state index in [0.29, 0.717) is 36.0 Å². The van der Waals surface area contributed by atoms with E-state index in [1.165, 1.54) is 13.2 Å². The van der Waals surface area contributed by atoms with Crippen molar-refractivity contribution in [2.75, 3.05) is 13.7 Å². The molecule has 0 saturated carbocycles. The van der Waals surface area contributed by atoms with Crippen molar-refractivity contribution in [2.24, 2.45) is 17.8 Å². The van der Waals surface area contributed by atoms with Crippen LogP contribution in [0.3, 0.4) is 0 Å². The van der Waals surface area contributed by atoms with E-state index < -0.39 is 12.0 Å². The lowest BCUT2D eigenvalue weighted by Crippen LogP contribution is -2.41. The Bertz CT molecular complexity index is 1080. The number of ether oxygens (including phenoxy) is 1. The number of nitriles is 1. The number of carbonyl (C=O) groups excluding carboxylic acids is 3. The molecule has 9 heteroatoms. The number of amides is 2. The Balaban J connectivity index is 1.73. The van der Waals surface area contributed by atoms with Gasteiger partial charge in [-0.3, -0.25) is 14.4 Å². The van der Waals surface area contributed by atoms with Gasteiger partial charge in [-0.05, 0) is 43.4 Å². The van der Waals surface area contributed by atoms with Crippen molar-refractivity contribution in [1.29, 1.82) is 5.26 Å². The maximum Gasteiger partial charge on any atom is 0.224 e. The van der Waals surface area contributed by atoms with Gasteiger partial charge in [-0.15, -0.1) is 0 Å². The Labute approximate surface area is 192 Å². The highest BCUT2D eigenvalue weighted by atomic mass is 16.5. The average molecular weight is 455 g/mol. The molecule has 4 N–H and O–H groups in total. The van der Waals surface area contributed by atoms with Crippen LogP contribution in [0.25, 0.3) is 10.9 Å². The van der Waals surface area contributed by atoms with Gasteiger partial charge in [0.2, 0.25) is 11.8 Å². The predicted molar refractivity (Wildman–Crippen MR) is 122 cm³/mol. The second kappa shape index (κ2) is 10.4. The van der Waals surface area contributed by atoms with Crippen molar-refractivity contribution in [2.45, 2.75) is 45.6 Å². The van der Waals surface area contributed by atoms with Gasteiger partial charge in [0.15, 0.2) is 17.3 Å². The maximum absolute atomic E-state index is 13.0. The molecule has 2 aromatic rings. The van der Waals surface area contributed by atoms with Crippen molar-refractivity contribution in [3.63, 3.8) is 0 Å². The molecule has 9 nitrogen and oxygen atoms in total. The summed E-state index contributed by atoms with van der Waals surface area (Å²) in [5.74, 6) is -1.23. The summed E-state index contributed by atoms with van der Waals surface area (Å²) < 4.78 is 5.24. The minimum atomic E-state index is -0.795. The lowest BCUT2D eigenvalue weighted by molar-refractivity contribution is -0.127. The molecule has 1 saturated heterocycles. The summed E-state index contributed by atoms with van der Waals surface area (Å²) in [5.41, 5.74) is 0.951. The third kappa shape index (κ3) is 5.64. The van der Waals surface area contributed by atoms with Crippen LogP contribution in [0.5, 0.6) is 11.5 Å². The summed E-state index contributed by atoms with van der Waals surface area (Å²) in [6, 6.07) is 6.01. The van der Waals surface area contributed by atoms with Gasteiger partial charge in [-0.2, -0.15) is 5.26 Å². The zero-order valence-electron chi connectivity index (χ0n) is 19.1. The van der Waals surface area contributed by atoms with Gasteiger partial charge in [0.25, 0.3) is 0 Å². The quantitative estimate of drug-likeness (QED) is 0.406. The number of hydrogen-bond donors (Lipinski definition) is 4. The molecule has 1 aliphatic heterocycles. The number of ketones is 1. The molecule has 33 heavy (non-hydrogen) atoms. The van der Waals surface area contributed by atoms with Crippen LogP contribution in [0.15, 0.2) is 18.2 Å². The smallest absolute Gasteiger partial charge is 0.224 e. The zero-order valence-corrected chi connectivity index (χ0v) is 19.1. The van der Waals surface area contributed by atoms with E-state index in [1.54, 1.807) is 12.1 Å². The van der Waals surface area contributed by atoms with E-state index >= 15 is 0 Å². The first-order chi connectivity index (χ1) is 15.7. The normalized spacial score (nSPS) is 17.4. The molecule has 0 unspecified atom stereocenters. The van der Waals surface area contributed by atoms with E-state index in [4.69, 9.17) is 4.74 Å². The molecule has 1 aliphatic rings. The lowest BCUT2D eigenvalue weighted by Gasteiger charge is -2.21. The topological polar surface area (TPSA) is 144 Å². The second-order valence-corrected chi connectivity index (χ2v) is 8.92. The zero-order chi connectivity index (χ0) is 24.1. The van der Waals surface area contributed by atoms with Gasteiger partial charge < -0.3 is 25.5 Å². The minimum Gasteiger partial charge on any atom is -0.504 e. The number of rotatable bonds is 10. The van der Waals surface area contributed by atoms with Crippen LogP contribution >= 0.6 is 0 Å². The average Bonchev–Trinajstić information content (AvgIpc) is 3.38. The van der Waals surface area contributed by atoms with Crippen molar-refractivity contribution in [3.8, 4) is 17.6 Å². The molecular weight excluding hydrogens is 424 g/mol. The Hall–Kier alpha value is -3.54. The highest BCUT2D eigenvalue weighted by Gasteiger charge is 2.30. The van der Waals surface area contributed by atoms with Crippen LogP contribution in [-0.4, -0.2) is 47.4 Å². The van der Waals surface area contributed by atoms with E-state index in [9.17, 15) is 24.8 Å². The molecule has 0 bridgehead atoms. The molecule has 3 atom stereocenters. The number of Topliss-reactive ketones (excluding diaryl/α,β-unsaturated/α-hetero) is 1. The van der Waals surface area contributed by atoms with Gasteiger partial charge in [-0.25, -0.2) is 0 Å². The number of carbonyl (C=O) groups is 3. The third-order valence-electron chi connectivity index (χ3n) is 5.95. The fourth-order valence-corrected chi connectivity index (χ4v) is 4.30. The van der Waals surface area contributed by atoms with Gasteiger partial charge in [-0.1, -0.05) is 13.8 Å². The molecule has 1 fully saturated rings. The number of methoxy groups -OCH3 is 1. The lowest BCUT2D eigenvalue weighted by atomic mass is 9.90. The molecule has 0 radical (unpaired) electrons. The summed E-state index contributed by atoms with van der Waals surface area (Å²) in [4.78, 5) is 40.9. The van der Waals surface area contributed by atoms with Crippen molar-refractivity contribution in [1.82, 2.24) is 15.6 Å². The molecule has 2 amide bonds. The highest BCUT2D eigenvalue weighted by Crippen LogP contribution is 2.35. The number of phenols is 1. The highest BCUT2D eigenvalue weighted by molar-refractivity contribution is 6.02. The Kier molecular flexibility index (Phi) is 7.59. The molecule has 1 aromatic carbocycles. The van der Waals surface area contributed by atoms with E-state index in [-0.39, 0.29) is 53.8 Å². The molecule has 0 aliphatic carbocycles. The summed E-state index contributed by atoms with van der Waals surface area (Å²) in [5, 5.41) is 25.5. The largest absolute Gasteiger partial charge is 0.504 e. The molecule has 1 aromatic heterocycles. The SMILES string of the molecule is COc1c(O)ccc2[nH]c(C(=O)C[C@@H](CC(C)C)C(=O)N[C@H](C#N)C[C@@H]3CCNC3=O)cc12. The summed E-state index contributed by atoms with van der Waals surface area (Å²) >= 11 is 0. The standard InChI is InChI=1S/C24H30N4O5/c1-13(2)8-15(24(32)27-16(12-25)9-14-6-7-26-23(14)31)10-21(30)19-11-17-18(28-19)4-5-20(29)22(17)33-3/h4-5,11,13-16,28-29H,6-10H2,1-3H3,(H,26,31)(H,27,32)/t14-,15+,16-/m0/s1. The van der Waals surface area contributed by atoms with E-state index in [0.717, 1.165) is 0 Å². The van der Waals surface area contributed by atoms with Crippen LogP contribution in [0.2, 0.25) is 0 Å². The van der Waals surface area contributed by atoms with Crippen molar-refractivity contribution in [3.05, 3.63) is 23.9 Å². The van der Waals surface area contributed by atoms with Crippen LogP contribution in [-0.2, 0) is 9.59 Å². The first-order valence-electron chi connectivity index (χ1n) is 11.1. The second-order valence-electron chi connectivity index (χ2n) is 8.92.